The molecule has 0 radical (unpaired) electrons. The molecule has 6 heteroatoms. The van der Waals surface area contributed by atoms with Crippen molar-refractivity contribution in [3.05, 3.63) is 0 Å². The third-order valence-corrected chi connectivity index (χ3v) is 2.80. The predicted octanol–water partition coefficient (Wildman–Crippen LogP) is -1.50. The highest BCUT2D eigenvalue weighted by atomic mass is 16.5. The summed E-state index contributed by atoms with van der Waals surface area (Å²) in [6.45, 7) is 6.40. The summed E-state index contributed by atoms with van der Waals surface area (Å²) in [5, 5.41) is 0. The molecule has 0 aromatic rings. The van der Waals surface area contributed by atoms with Gasteiger partial charge in [-0.05, 0) is 0 Å². The number of methoxy groups -OCH3 is 1. The lowest BCUT2D eigenvalue weighted by molar-refractivity contribution is -0.908. The highest BCUT2D eigenvalue weighted by molar-refractivity contribution is 5.69. The number of morpholine rings is 1. The van der Waals surface area contributed by atoms with E-state index >= 15 is 0 Å². The molecule has 0 bridgehead atoms. The van der Waals surface area contributed by atoms with E-state index in [1.165, 1.54) is 4.90 Å². The maximum Gasteiger partial charge on any atom is 0.308 e. The van der Waals surface area contributed by atoms with Gasteiger partial charge in [-0.2, -0.15) is 0 Å². The van der Waals surface area contributed by atoms with Crippen LogP contribution in [0.3, 0.4) is 0 Å². The lowest BCUT2D eigenvalue weighted by Crippen LogP contribution is -3.14. The van der Waals surface area contributed by atoms with Crippen molar-refractivity contribution < 1.29 is 28.6 Å². The molecule has 6 nitrogen and oxygen atoms in total. The van der Waals surface area contributed by atoms with Gasteiger partial charge in [0.05, 0.1) is 39.5 Å². The molecule has 1 saturated heterocycles. The predicted molar refractivity (Wildman–Crippen MR) is 64.7 cm³/mol. The van der Waals surface area contributed by atoms with Gasteiger partial charge < -0.3 is 23.8 Å². The second-order valence-corrected chi connectivity index (χ2v) is 4.19. The molecule has 0 atom stereocenters. The summed E-state index contributed by atoms with van der Waals surface area (Å²) < 4.78 is 20.4. The molecule has 1 fully saturated rings. The van der Waals surface area contributed by atoms with Crippen molar-refractivity contribution in [2.45, 2.75) is 6.42 Å². The van der Waals surface area contributed by atoms with Gasteiger partial charge in [0.2, 0.25) is 0 Å². The first-order valence-electron chi connectivity index (χ1n) is 6.46. The summed E-state index contributed by atoms with van der Waals surface area (Å²) in [4.78, 5) is 12.8. The molecule has 0 aromatic carbocycles. The van der Waals surface area contributed by atoms with Gasteiger partial charge in [0.15, 0.2) is 0 Å². The Morgan fingerprint density at radius 3 is 2.67 bits per heavy atom. The van der Waals surface area contributed by atoms with Crippen molar-refractivity contribution in [2.75, 3.05) is 66.4 Å². The van der Waals surface area contributed by atoms with Crippen molar-refractivity contribution >= 4 is 5.97 Å². The van der Waals surface area contributed by atoms with Crippen LogP contribution in [0.5, 0.6) is 0 Å². The molecule has 106 valence electrons. The van der Waals surface area contributed by atoms with E-state index in [1.807, 2.05) is 0 Å². The van der Waals surface area contributed by atoms with E-state index in [0.717, 1.165) is 32.8 Å². The van der Waals surface area contributed by atoms with Crippen LogP contribution in [0, 0.1) is 0 Å². The van der Waals surface area contributed by atoms with Crippen LogP contribution in [-0.2, 0) is 23.7 Å². The highest BCUT2D eigenvalue weighted by Crippen LogP contribution is 1.88. The van der Waals surface area contributed by atoms with Gasteiger partial charge >= 0.3 is 5.97 Å². The van der Waals surface area contributed by atoms with E-state index in [1.54, 1.807) is 7.11 Å². The Hall–Kier alpha value is -0.690. The minimum atomic E-state index is -0.194. The molecule has 0 unspecified atom stereocenters. The maximum atomic E-state index is 11.3. The monoisotopic (exact) mass is 262 g/mol. The molecule has 18 heavy (non-hydrogen) atoms. The molecular formula is C12H24NO5+. The second kappa shape index (κ2) is 10.3. The number of carbonyl (C=O) groups is 1. The molecule has 1 rings (SSSR count). The molecule has 0 amide bonds. The quantitative estimate of drug-likeness (QED) is 0.405. The Morgan fingerprint density at radius 1 is 1.17 bits per heavy atom. The third-order valence-electron chi connectivity index (χ3n) is 2.80. The first kappa shape index (κ1) is 15.4. The van der Waals surface area contributed by atoms with Gasteiger partial charge in [-0.1, -0.05) is 0 Å². The number of carbonyl (C=O) groups excluding carboxylic acids is 1. The van der Waals surface area contributed by atoms with Crippen LogP contribution < -0.4 is 4.90 Å². The zero-order chi connectivity index (χ0) is 13.1. The normalized spacial score (nSPS) is 16.7. The Labute approximate surface area is 108 Å². The van der Waals surface area contributed by atoms with E-state index < -0.39 is 0 Å². The number of ether oxygens (including phenoxy) is 4. The van der Waals surface area contributed by atoms with Crippen LogP contribution in [0.1, 0.15) is 6.42 Å². The molecule has 1 aliphatic heterocycles. The lowest BCUT2D eigenvalue weighted by Gasteiger charge is -2.23. The smallest absolute Gasteiger partial charge is 0.308 e. The van der Waals surface area contributed by atoms with Crippen LogP contribution in [0.2, 0.25) is 0 Å². The molecular weight excluding hydrogens is 238 g/mol. The fourth-order valence-electron chi connectivity index (χ4n) is 1.69. The molecule has 1 N–H and O–H groups in total. The number of quaternary nitrogens is 1. The topological polar surface area (TPSA) is 58.4 Å². The molecule has 1 aliphatic rings. The van der Waals surface area contributed by atoms with Gasteiger partial charge in [0.1, 0.15) is 26.2 Å². The van der Waals surface area contributed by atoms with Crippen molar-refractivity contribution in [1.82, 2.24) is 0 Å². The van der Waals surface area contributed by atoms with Gasteiger partial charge in [0, 0.05) is 7.11 Å². The van der Waals surface area contributed by atoms with Crippen molar-refractivity contribution in [1.29, 1.82) is 0 Å². The lowest BCUT2D eigenvalue weighted by atomic mass is 10.4. The molecule has 0 saturated carbocycles. The van der Waals surface area contributed by atoms with Crippen molar-refractivity contribution in [2.24, 2.45) is 0 Å². The largest absolute Gasteiger partial charge is 0.460 e. The Morgan fingerprint density at radius 2 is 1.94 bits per heavy atom. The van der Waals surface area contributed by atoms with Crippen LogP contribution >= 0.6 is 0 Å². The molecule has 0 spiro atoms. The summed E-state index contributed by atoms with van der Waals surface area (Å²) in [6, 6.07) is 0. The third kappa shape index (κ3) is 7.60. The Bertz CT molecular complexity index is 219. The first-order chi connectivity index (χ1) is 8.83. The number of hydrogen-bond donors (Lipinski definition) is 1. The second-order valence-electron chi connectivity index (χ2n) is 4.19. The van der Waals surface area contributed by atoms with Crippen LogP contribution in [0.15, 0.2) is 0 Å². The molecule has 0 aliphatic carbocycles. The van der Waals surface area contributed by atoms with Crippen LogP contribution in [0.4, 0.5) is 0 Å². The average Bonchev–Trinajstić information content (AvgIpc) is 2.40. The standard InChI is InChI=1S/C12H23NO5/c1-15-10-11-16-6-2-12(14)18-9-5-13-3-7-17-8-4-13/h2-11H2,1H3/p+1. The first-order valence-corrected chi connectivity index (χ1v) is 6.46. The van der Waals surface area contributed by atoms with E-state index in [2.05, 4.69) is 0 Å². The van der Waals surface area contributed by atoms with Gasteiger partial charge in [-0.15, -0.1) is 0 Å². The van der Waals surface area contributed by atoms with E-state index in [0.29, 0.717) is 32.8 Å². The van der Waals surface area contributed by atoms with Crippen LogP contribution in [-0.4, -0.2) is 72.4 Å². The summed E-state index contributed by atoms with van der Waals surface area (Å²) in [5.74, 6) is -0.194. The minimum absolute atomic E-state index is 0.194. The van der Waals surface area contributed by atoms with Gasteiger partial charge in [0.25, 0.3) is 0 Å². The summed E-state index contributed by atoms with van der Waals surface area (Å²) in [5.41, 5.74) is 0. The number of esters is 1. The van der Waals surface area contributed by atoms with Crippen molar-refractivity contribution in [3.8, 4) is 0 Å². The van der Waals surface area contributed by atoms with Crippen LogP contribution in [0.25, 0.3) is 0 Å². The van der Waals surface area contributed by atoms with Gasteiger partial charge in [-0.3, -0.25) is 4.79 Å². The van der Waals surface area contributed by atoms with E-state index in [9.17, 15) is 4.79 Å². The zero-order valence-corrected chi connectivity index (χ0v) is 11.1. The number of nitrogens with one attached hydrogen (secondary N) is 1. The zero-order valence-electron chi connectivity index (χ0n) is 11.1. The average molecular weight is 262 g/mol. The number of hydrogen-bond acceptors (Lipinski definition) is 5. The van der Waals surface area contributed by atoms with E-state index in [-0.39, 0.29) is 5.97 Å². The fraction of sp³-hybridized carbons (Fsp3) is 0.917. The van der Waals surface area contributed by atoms with Gasteiger partial charge in [-0.25, -0.2) is 0 Å². The highest BCUT2D eigenvalue weighted by Gasteiger charge is 2.13. The SMILES string of the molecule is COCCOCCC(=O)OCC[NH+]1CCOCC1. The fourth-order valence-corrected chi connectivity index (χ4v) is 1.69. The summed E-state index contributed by atoms with van der Waals surface area (Å²) in [7, 11) is 1.62. The molecule has 1 heterocycles. The van der Waals surface area contributed by atoms with E-state index in [4.69, 9.17) is 18.9 Å². The Kier molecular flexibility index (Phi) is 8.75. The Balaban J connectivity index is 1.89. The summed E-state index contributed by atoms with van der Waals surface area (Å²) >= 11 is 0. The minimum Gasteiger partial charge on any atom is -0.460 e. The van der Waals surface area contributed by atoms with Crippen molar-refractivity contribution in [3.63, 3.8) is 0 Å². The maximum absolute atomic E-state index is 11.3. The summed E-state index contributed by atoms with van der Waals surface area (Å²) in [6.07, 6.45) is 0.308. The molecule has 0 aromatic heterocycles. The number of rotatable bonds is 9.